The second kappa shape index (κ2) is 24.0. The number of aromatic nitrogens is 1. The molecule has 6 aromatic rings. The van der Waals surface area contributed by atoms with Gasteiger partial charge in [-0.25, -0.2) is 29.6 Å². The summed E-state index contributed by atoms with van der Waals surface area (Å²) in [6, 6.07) is 29.5. The van der Waals surface area contributed by atoms with Gasteiger partial charge in [-0.05, 0) is 157 Å². The summed E-state index contributed by atoms with van der Waals surface area (Å²) >= 11 is 7.72. The first-order chi connectivity index (χ1) is 37.1. The number of rotatable bonds is 19. The molecule has 0 spiro atoms. The number of hydrogen-bond donors (Lipinski definition) is 2. The largest absolute Gasteiger partial charge is 0.501 e. The molecule has 0 saturated carbocycles. The molecule has 0 unspecified atom stereocenters. The third-order valence-electron chi connectivity index (χ3n) is 14.0. The molecule has 2 fully saturated rings. The van der Waals surface area contributed by atoms with Gasteiger partial charge in [-0.3, -0.25) is 4.72 Å². The van der Waals surface area contributed by atoms with Crippen LogP contribution in [-0.2, 0) is 34.4 Å². The SMILES string of the molecule is Cc1c(S(C)(=O)=O)c(-c2cc(F)cc(N3CCN(c4ccc(NS(=O)(=O)c5ccc(N[C@H](CCN6CCC(OC(C)(C)C)CC6)CSc6ccccc6)c(S(=O)(=O)C(F)(F)F)c5)cc4)CC3)c2)c(-c2ccc(Cl)cc2)n1C(C)C. The highest BCUT2D eigenvalue weighted by Crippen LogP contribution is 2.45. The molecule has 2 saturated heterocycles. The first-order valence-corrected chi connectivity index (χ1v) is 32.2. The molecule has 0 amide bonds. The van der Waals surface area contributed by atoms with Crippen LogP contribution in [0.2, 0.25) is 5.02 Å². The minimum atomic E-state index is -6.05. The first kappa shape index (κ1) is 59.8. The highest BCUT2D eigenvalue weighted by molar-refractivity contribution is 7.99. The fraction of sp³-hybridized carbons (Fsp3) is 0.404. The Morgan fingerprint density at radius 3 is 1.96 bits per heavy atom. The van der Waals surface area contributed by atoms with Gasteiger partial charge in [0.15, 0.2) is 9.84 Å². The number of alkyl halides is 3. The van der Waals surface area contributed by atoms with E-state index in [9.17, 15) is 38.4 Å². The summed E-state index contributed by atoms with van der Waals surface area (Å²) in [6.07, 6.45) is 3.35. The number of sulfonamides is 1. The Morgan fingerprint density at radius 2 is 1.38 bits per heavy atom. The van der Waals surface area contributed by atoms with E-state index in [1.807, 2.05) is 86.6 Å². The van der Waals surface area contributed by atoms with Crippen LogP contribution in [0.4, 0.5) is 40.3 Å². The topological polar surface area (TPSA) is 150 Å². The summed E-state index contributed by atoms with van der Waals surface area (Å²) in [5.74, 6) is -0.172. The predicted molar refractivity (Wildman–Crippen MR) is 309 cm³/mol. The van der Waals surface area contributed by atoms with E-state index in [0.29, 0.717) is 84.2 Å². The van der Waals surface area contributed by atoms with Crippen LogP contribution < -0.4 is 19.8 Å². The number of ether oxygens (including phenoxy) is 1. The van der Waals surface area contributed by atoms with E-state index in [4.69, 9.17) is 16.3 Å². The molecule has 13 nitrogen and oxygen atoms in total. The molecule has 8 rings (SSSR count). The van der Waals surface area contributed by atoms with Gasteiger partial charge in [-0.1, -0.05) is 41.9 Å². The van der Waals surface area contributed by atoms with Crippen LogP contribution in [0.25, 0.3) is 22.4 Å². The van der Waals surface area contributed by atoms with Crippen LogP contribution in [0.1, 0.15) is 65.6 Å². The van der Waals surface area contributed by atoms with Crippen molar-refractivity contribution in [2.75, 3.05) is 77.7 Å². The summed E-state index contributed by atoms with van der Waals surface area (Å²) in [7, 11) is -14.5. The summed E-state index contributed by atoms with van der Waals surface area (Å²) in [5.41, 5.74) is -2.35. The molecule has 79 heavy (non-hydrogen) atoms. The molecule has 0 aliphatic carbocycles. The maximum Gasteiger partial charge on any atom is 0.501 e. The second-order valence-corrected chi connectivity index (χ2v) is 28.4. The Labute approximate surface area is 471 Å². The monoisotopic (exact) mass is 1190 g/mol. The van der Waals surface area contributed by atoms with E-state index in [1.165, 1.54) is 36.0 Å². The fourth-order valence-corrected chi connectivity index (χ4v) is 14.8. The molecule has 5 aromatic carbocycles. The Kier molecular flexibility index (Phi) is 18.2. The summed E-state index contributed by atoms with van der Waals surface area (Å²) in [4.78, 5) is 5.46. The van der Waals surface area contributed by atoms with E-state index >= 15 is 4.39 Å². The number of sulfone groups is 2. The van der Waals surface area contributed by atoms with Gasteiger partial charge >= 0.3 is 5.51 Å². The smallest absolute Gasteiger partial charge is 0.380 e. The van der Waals surface area contributed by atoms with Crippen LogP contribution >= 0.6 is 23.4 Å². The van der Waals surface area contributed by atoms with Crippen molar-refractivity contribution in [3.8, 4) is 22.4 Å². The second-order valence-electron chi connectivity index (χ2n) is 21.3. The van der Waals surface area contributed by atoms with Crippen molar-refractivity contribution in [1.82, 2.24) is 9.47 Å². The molecule has 3 heterocycles. The number of piperidine rings is 1. The number of anilines is 4. The van der Waals surface area contributed by atoms with E-state index in [0.717, 1.165) is 60.5 Å². The Balaban J connectivity index is 0.975. The number of piperazine rings is 1. The summed E-state index contributed by atoms with van der Waals surface area (Å²) in [5, 5.41) is 3.58. The van der Waals surface area contributed by atoms with Crippen molar-refractivity contribution >= 4 is 75.8 Å². The zero-order valence-corrected chi connectivity index (χ0v) is 49.2. The van der Waals surface area contributed by atoms with E-state index in [1.54, 1.807) is 37.3 Å². The van der Waals surface area contributed by atoms with Crippen LogP contribution in [0.3, 0.4) is 0 Å². The van der Waals surface area contributed by atoms with Crippen molar-refractivity contribution in [2.24, 2.45) is 0 Å². The number of halogens is 5. The molecule has 2 aliphatic heterocycles. The number of nitrogens with one attached hydrogen (secondary N) is 2. The first-order valence-electron chi connectivity index (χ1n) is 26.0. The van der Waals surface area contributed by atoms with Gasteiger partial charge < -0.3 is 29.3 Å². The van der Waals surface area contributed by atoms with Gasteiger partial charge in [0.25, 0.3) is 19.9 Å². The Hall–Kier alpha value is -5.29. The quantitative estimate of drug-likeness (QED) is 0.0587. The third-order valence-corrected chi connectivity index (χ3v) is 19.5. The van der Waals surface area contributed by atoms with Crippen molar-refractivity contribution < 1.29 is 47.6 Å². The predicted octanol–water partition coefficient (Wildman–Crippen LogP) is 12.6. The van der Waals surface area contributed by atoms with Gasteiger partial charge in [-0.2, -0.15) is 13.2 Å². The zero-order chi connectivity index (χ0) is 57.2. The van der Waals surface area contributed by atoms with E-state index < -0.39 is 56.9 Å². The van der Waals surface area contributed by atoms with Crippen LogP contribution in [-0.4, -0.2) is 116 Å². The van der Waals surface area contributed by atoms with E-state index in [2.05, 4.69) is 19.8 Å². The molecule has 22 heteroatoms. The highest BCUT2D eigenvalue weighted by Gasteiger charge is 2.48. The zero-order valence-electron chi connectivity index (χ0n) is 45.1. The van der Waals surface area contributed by atoms with Crippen molar-refractivity contribution in [3.05, 3.63) is 132 Å². The molecule has 426 valence electrons. The fourth-order valence-electron chi connectivity index (χ4n) is 10.4. The molecule has 0 radical (unpaired) electrons. The number of thioether (sulfide) groups is 1. The lowest BCUT2D eigenvalue weighted by Gasteiger charge is -2.37. The number of benzene rings is 5. The maximum absolute atomic E-state index is 15.8. The Bertz CT molecular complexity index is 3460. The summed E-state index contributed by atoms with van der Waals surface area (Å²) < 4.78 is 151. The molecular weight excluding hydrogens is 1120 g/mol. The molecule has 1 aromatic heterocycles. The average molecular weight is 1190 g/mol. The highest BCUT2D eigenvalue weighted by atomic mass is 35.5. The lowest BCUT2D eigenvalue weighted by molar-refractivity contribution is -0.0820. The minimum Gasteiger partial charge on any atom is -0.380 e. The van der Waals surface area contributed by atoms with Gasteiger partial charge in [0.05, 0.1) is 32.9 Å². The van der Waals surface area contributed by atoms with Gasteiger partial charge in [0, 0.05) is 108 Å². The number of likely N-dealkylation sites (tertiary alicyclic amines) is 1. The lowest BCUT2D eigenvalue weighted by Crippen LogP contribution is -2.46. The molecule has 2 aliphatic rings. The van der Waals surface area contributed by atoms with Crippen LogP contribution in [0.15, 0.2) is 135 Å². The lowest BCUT2D eigenvalue weighted by atomic mass is 9.99. The summed E-state index contributed by atoms with van der Waals surface area (Å²) in [6.45, 7) is 15.6. The van der Waals surface area contributed by atoms with Gasteiger partial charge in [-0.15, -0.1) is 11.8 Å². The van der Waals surface area contributed by atoms with Crippen LogP contribution in [0, 0.1) is 12.7 Å². The molecule has 2 N–H and O–H groups in total. The third kappa shape index (κ3) is 14.4. The molecule has 0 bridgehead atoms. The molecular formula is C57H67ClF4N6O7S4. The van der Waals surface area contributed by atoms with Crippen molar-refractivity contribution in [2.45, 2.75) is 110 Å². The number of nitrogens with zero attached hydrogens (tertiary/aromatic N) is 4. The minimum absolute atomic E-state index is 0.0806. The van der Waals surface area contributed by atoms with Gasteiger partial charge in [0.1, 0.15) is 10.7 Å². The van der Waals surface area contributed by atoms with Crippen molar-refractivity contribution in [1.29, 1.82) is 0 Å². The number of hydrogen-bond acceptors (Lipinski definition) is 12. The standard InChI is InChI=1S/C57H67ClF4N6O7S4/c1-38(2)68-39(3)55(77(7,69)70)53(54(68)40-13-15-42(58)16-14-40)41-33-43(59)35-47(34-41)67-31-29-66(30-32-67)46-19-17-44(18-20-46)64-79(73,74)50-21-22-51(52(36-50)78(71,72)57(60,61)62)63-45(37-76-49-11-9-8-10-12-49)23-26-65-27-24-48(25-28-65)75-56(4,5)6/h8-22,33-36,38,45,48,63-64H,23-32,37H2,1-7H3/t45-/m1/s1. The van der Waals surface area contributed by atoms with Gasteiger partial charge in [0.2, 0.25) is 0 Å². The molecule has 1 atom stereocenters. The normalized spacial score (nSPS) is 15.9. The maximum atomic E-state index is 15.8. The van der Waals surface area contributed by atoms with Crippen molar-refractivity contribution in [3.63, 3.8) is 0 Å². The van der Waals surface area contributed by atoms with E-state index in [-0.39, 0.29) is 34.0 Å². The Morgan fingerprint density at radius 1 is 0.759 bits per heavy atom. The average Bonchev–Trinajstić information content (AvgIpc) is 3.98. The van der Waals surface area contributed by atoms with Crippen LogP contribution in [0.5, 0.6) is 0 Å².